The minimum Gasteiger partial charge on any atom is -0.325 e. The number of carbonyl (C=O) groups excluding carboxylic acids is 1. The number of hydrogen-bond donors (Lipinski definition) is 0. The van der Waals surface area contributed by atoms with Crippen LogP contribution in [0.5, 0.6) is 0 Å². The van der Waals surface area contributed by atoms with E-state index in [1.165, 1.54) is 5.56 Å². The van der Waals surface area contributed by atoms with E-state index in [9.17, 15) is 4.79 Å². The number of hydrogen-bond acceptors (Lipinski definition) is 3. The summed E-state index contributed by atoms with van der Waals surface area (Å²) < 4.78 is 6.49. The Balaban J connectivity index is 1.80. The van der Waals surface area contributed by atoms with E-state index < -0.39 is 5.72 Å². The topological polar surface area (TPSA) is 41.9 Å². The summed E-state index contributed by atoms with van der Waals surface area (Å²) >= 11 is 0. The molecular weight excluding hydrogens is 312 g/mol. The molecule has 1 amide bonds. The number of rotatable bonds is 3. The fourth-order valence-electron chi connectivity index (χ4n) is 4.92. The molecule has 1 aromatic carbocycles. The molecule has 25 heavy (non-hydrogen) atoms. The normalized spacial score (nSPS) is 37.2. The van der Waals surface area contributed by atoms with E-state index in [-0.39, 0.29) is 24.0 Å². The van der Waals surface area contributed by atoms with Crippen LogP contribution in [0.25, 0.3) is 0 Å². The molecule has 3 aliphatic rings. The highest BCUT2D eigenvalue weighted by Crippen LogP contribution is 2.52. The van der Waals surface area contributed by atoms with E-state index >= 15 is 0 Å². The standard InChI is InChI=1S/C21H28N2O2/c1-5-23-20(24)17-12-21(23)18(22-19(25-21)13(2)3)11-16(14(17)4)15-9-7-6-8-10-15/h6-10,13-14,16-17,19H,5,11-12H2,1-4H3/t14-,16+,17+,19-,21+/m1/s1. The number of nitrogens with zero attached hydrogens (tertiary/aromatic N) is 2. The van der Waals surface area contributed by atoms with Crippen LogP contribution in [0, 0.1) is 17.8 Å². The first-order chi connectivity index (χ1) is 12.0. The van der Waals surface area contributed by atoms with Crippen LogP contribution >= 0.6 is 0 Å². The van der Waals surface area contributed by atoms with Crippen molar-refractivity contribution in [1.82, 2.24) is 4.90 Å². The van der Waals surface area contributed by atoms with Crippen molar-refractivity contribution in [3.63, 3.8) is 0 Å². The molecule has 1 saturated carbocycles. The zero-order valence-electron chi connectivity index (χ0n) is 15.6. The highest BCUT2D eigenvalue weighted by atomic mass is 16.6. The van der Waals surface area contributed by atoms with Crippen LogP contribution in [0.4, 0.5) is 0 Å². The van der Waals surface area contributed by atoms with E-state index in [2.05, 4.69) is 45.0 Å². The molecule has 134 valence electrons. The lowest BCUT2D eigenvalue weighted by Crippen LogP contribution is -2.52. The van der Waals surface area contributed by atoms with E-state index in [1.807, 2.05) is 17.9 Å². The molecule has 2 heterocycles. The Kier molecular flexibility index (Phi) is 3.99. The van der Waals surface area contributed by atoms with Gasteiger partial charge < -0.3 is 9.64 Å². The van der Waals surface area contributed by atoms with Crippen LogP contribution in [0.1, 0.15) is 52.0 Å². The van der Waals surface area contributed by atoms with E-state index in [1.54, 1.807) is 0 Å². The van der Waals surface area contributed by atoms with Gasteiger partial charge in [0.15, 0.2) is 12.0 Å². The van der Waals surface area contributed by atoms with Gasteiger partial charge in [-0.2, -0.15) is 0 Å². The molecule has 4 nitrogen and oxygen atoms in total. The summed E-state index contributed by atoms with van der Waals surface area (Å²) in [6, 6.07) is 10.6. The number of aliphatic imine (C=N–C) groups is 1. The summed E-state index contributed by atoms with van der Waals surface area (Å²) in [5, 5.41) is 0. The molecule has 1 spiro atoms. The minimum atomic E-state index is -0.594. The Morgan fingerprint density at radius 2 is 2.00 bits per heavy atom. The monoisotopic (exact) mass is 340 g/mol. The van der Waals surface area contributed by atoms with Gasteiger partial charge in [0.1, 0.15) is 0 Å². The first-order valence-electron chi connectivity index (χ1n) is 9.59. The van der Waals surface area contributed by atoms with Gasteiger partial charge in [-0.15, -0.1) is 0 Å². The molecule has 0 aromatic heterocycles. The summed E-state index contributed by atoms with van der Waals surface area (Å²) in [5.41, 5.74) is 1.80. The van der Waals surface area contributed by atoms with Gasteiger partial charge in [0, 0.05) is 24.8 Å². The molecule has 1 aliphatic carbocycles. The van der Waals surface area contributed by atoms with Crippen molar-refractivity contribution in [3.05, 3.63) is 35.9 Å². The Morgan fingerprint density at radius 1 is 1.28 bits per heavy atom. The number of ether oxygens (including phenoxy) is 1. The molecule has 1 aromatic rings. The predicted molar refractivity (Wildman–Crippen MR) is 98.3 cm³/mol. The summed E-state index contributed by atoms with van der Waals surface area (Å²) in [5.74, 6) is 1.19. The molecule has 2 fully saturated rings. The van der Waals surface area contributed by atoms with Gasteiger partial charge in [-0.25, -0.2) is 0 Å². The largest absolute Gasteiger partial charge is 0.325 e. The number of likely N-dealkylation sites (tertiary alicyclic amines) is 1. The van der Waals surface area contributed by atoms with Crippen LogP contribution < -0.4 is 0 Å². The second kappa shape index (κ2) is 5.94. The quantitative estimate of drug-likeness (QED) is 0.839. The zero-order valence-corrected chi connectivity index (χ0v) is 15.6. The average molecular weight is 340 g/mol. The highest BCUT2D eigenvalue weighted by molar-refractivity contribution is 6.01. The number of carbonyl (C=O) groups is 1. The third-order valence-electron chi connectivity index (χ3n) is 6.36. The predicted octanol–water partition coefficient (Wildman–Crippen LogP) is 3.83. The van der Waals surface area contributed by atoms with E-state index in [4.69, 9.17) is 9.73 Å². The molecule has 2 bridgehead atoms. The summed E-state index contributed by atoms with van der Waals surface area (Å²) in [6.07, 6.45) is 1.50. The average Bonchev–Trinajstić information content (AvgIpc) is 3.07. The van der Waals surface area contributed by atoms with Crippen molar-refractivity contribution in [1.29, 1.82) is 0 Å². The maximum Gasteiger partial charge on any atom is 0.228 e. The van der Waals surface area contributed by atoms with Crippen LogP contribution in [0.2, 0.25) is 0 Å². The van der Waals surface area contributed by atoms with Crippen molar-refractivity contribution in [2.24, 2.45) is 22.7 Å². The first kappa shape index (κ1) is 16.8. The lowest BCUT2D eigenvalue weighted by Gasteiger charge is -2.37. The molecule has 0 N–H and O–H groups in total. The fourth-order valence-corrected chi connectivity index (χ4v) is 4.92. The van der Waals surface area contributed by atoms with Crippen LogP contribution in [-0.2, 0) is 9.53 Å². The van der Waals surface area contributed by atoms with Gasteiger partial charge in [0.2, 0.25) is 5.91 Å². The third kappa shape index (κ3) is 2.37. The molecular formula is C21H28N2O2. The fraction of sp³-hybridized carbons (Fsp3) is 0.619. The second-order valence-corrected chi connectivity index (χ2v) is 8.09. The smallest absolute Gasteiger partial charge is 0.228 e. The van der Waals surface area contributed by atoms with Crippen molar-refractivity contribution in [2.45, 2.75) is 58.4 Å². The van der Waals surface area contributed by atoms with Crippen molar-refractivity contribution in [3.8, 4) is 0 Å². The third-order valence-corrected chi connectivity index (χ3v) is 6.36. The lowest BCUT2D eigenvalue weighted by atomic mass is 9.78. The van der Waals surface area contributed by atoms with Gasteiger partial charge in [0.05, 0.1) is 5.71 Å². The van der Waals surface area contributed by atoms with Crippen molar-refractivity contribution in [2.75, 3.05) is 6.54 Å². The maximum atomic E-state index is 13.2. The van der Waals surface area contributed by atoms with Crippen LogP contribution in [-0.4, -0.2) is 35.0 Å². The van der Waals surface area contributed by atoms with Crippen molar-refractivity contribution < 1.29 is 9.53 Å². The van der Waals surface area contributed by atoms with E-state index in [0.29, 0.717) is 18.4 Å². The number of fused-ring (bicyclic) bond motifs is 1. The van der Waals surface area contributed by atoms with Crippen molar-refractivity contribution >= 4 is 11.6 Å². The zero-order chi connectivity index (χ0) is 17.8. The van der Waals surface area contributed by atoms with Gasteiger partial charge in [-0.3, -0.25) is 9.79 Å². The SMILES string of the molecule is CCN1C(=O)[C@H]2C[C@@]13O[C@H](C(C)C)N=C3C[C@H](c1ccccc1)[C@H]2C. The Bertz CT molecular complexity index is 699. The molecule has 4 heteroatoms. The first-order valence-corrected chi connectivity index (χ1v) is 9.59. The van der Waals surface area contributed by atoms with Crippen LogP contribution in [0.3, 0.4) is 0 Å². The molecule has 1 saturated heterocycles. The number of amides is 1. The molecule has 5 atom stereocenters. The number of benzene rings is 1. The van der Waals surface area contributed by atoms with Gasteiger partial charge >= 0.3 is 0 Å². The van der Waals surface area contributed by atoms with Gasteiger partial charge in [0.25, 0.3) is 0 Å². The summed E-state index contributed by atoms with van der Waals surface area (Å²) in [6.45, 7) is 9.24. The van der Waals surface area contributed by atoms with Gasteiger partial charge in [-0.1, -0.05) is 51.1 Å². The van der Waals surface area contributed by atoms with Gasteiger partial charge in [-0.05, 0) is 30.7 Å². The molecule has 0 unspecified atom stereocenters. The molecule has 2 aliphatic heterocycles. The Labute approximate surface area is 150 Å². The Morgan fingerprint density at radius 3 is 2.64 bits per heavy atom. The second-order valence-electron chi connectivity index (χ2n) is 8.09. The molecule has 0 radical (unpaired) electrons. The highest BCUT2D eigenvalue weighted by Gasteiger charge is 2.62. The summed E-state index contributed by atoms with van der Waals surface area (Å²) in [7, 11) is 0. The Hall–Kier alpha value is -1.68. The van der Waals surface area contributed by atoms with E-state index in [0.717, 1.165) is 18.6 Å². The minimum absolute atomic E-state index is 0.0174. The molecule has 4 rings (SSSR count). The maximum absolute atomic E-state index is 13.2. The van der Waals surface area contributed by atoms with Crippen LogP contribution in [0.15, 0.2) is 35.3 Å². The summed E-state index contributed by atoms with van der Waals surface area (Å²) in [4.78, 5) is 20.1. The lowest BCUT2D eigenvalue weighted by molar-refractivity contribution is -0.150.